The standard InChI is InChI=1S/C22H28N2O4/c1-15(17-5-9-19(26-3)10-6-17)23-13-21-14-24(22(25)28-21)16(2)18-7-11-20(27-4)12-8-18/h5-12,15-16,21,23H,13-14H2,1-4H3. The molecule has 1 heterocycles. The zero-order chi connectivity index (χ0) is 20.1. The van der Waals surface area contributed by atoms with Crippen molar-refractivity contribution >= 4 is 6.09 Å². The van der Waals surface area contributed by atoms with E-state index in [1.807, 2.05) is 55.5 Å². The van der Waals surface area contributed by atoms with E-state index in [0.717, 1.165) is 22.6 Å². The van der Waals surface area contributed by atoms with Crippen LogP contribution in [0.25, 0.3) is 0 Å². The van der Waals surface area contributed by atoms with Gasteiger partial charge in [0, 0.05) is 12.6 Å². The smallest absolute Gasteiger partial charge is 0.410 e. The maximum Gasteiger partial charge on any atom is 0.410 e. The van der Waals surface area contributed by atoms with Gasteiger partial charge in [-0.15, -0.1) is 0 Å². The Morgan fingerprint density at radius 1 is 1.00 bits per heavy atom. The molecule has 0 radical (unpaired) electrons. The molecule has 0 spiro atoms. The van der Waals surface area contributed by atoms with E-state index in [1.54, 1.807) is 19.1 Å². The van der Waals surface area contributed by atoms with Gasteiger partial charge in [0.15, 0.2) is 0 Å². The molecule has 2 aromatic rings. The van der Waals surface area contributed by atoms with E-state index in [9.17, 15) is 4.79 Å². The van der Waals surface area contributed by atoms with E-state index in [0.29, 0.717) is 13.1 Å². The number of nitrogens with zero attached hydrogens (tertiary/aromatic N) is 1. The molecule has 6 nitrogen and oxygen atoms in total. The van der Waals surface area contributed by atoms with Gasteiger partial charge in [0.25, 0.3) is 0 Å². The van der Waals surface area contributed by atoms with Gasteiger partial charge in [-0.25, -0.2) is 4.79 Å². The van der Waals surface area contributed by atoms with Gasteiger partial charge in [-0.2, -0.15) is 0 Å². The molecule has 3 unspecified atom stereocenters. The van der Waals surface area contributed by atoms with E-state index >= 15 is 0 Å². The van der Waals surface area contributed by atoms with Crippen LogP contribution in [0.4, 0.5) is 4.79 Å². The van der Waals surface area contributed by atoms with E-state index in [4.69, 9.17) is 14.2 Å². The average Bonchev–Trinajstić information content (AvgIpc) is 3.12. The monoisotopic (exact) mass is 384 g/mol. The molecule has 1 aliphatic rings. The van der Waals surface area contributed by atoms with Crippen LogP contribution in [0.15, 0.2) is 48.5 Å². The van der Waals surface area contributed by atoms with Crippen LogP contribution in [-0.4, -0.2) is 44.4 Å². The van der Waals surface area contributed by atoms with Crippen LogP contribution in [-0.2, 0) is 4.74 Å². The number of hydrogen-bond donors (Lipinski definition) is 1. The summed E-state index contributed by atoms with van der Waals surface area (Å²) in [6.45, 7) is 5.27. The Kier molecular flexibility index (Phi) is 6.41. The second-order valence-electron chi connectivity index (χ2n) is 7.01. The fraction of sp³-hybridized carbons (Fsp3) is 0.409. The molecule has 1 saturated heterocycles. The minimum absolute atomic E-state index is 0.0533. The highest BCUT2D eigenvalue weighted by Gasteiger charge is 2.34. The van der Waals surface area contributed by atoms with E-state index in [2.05, 4.69) is 12.2 Å². The van der Waals surface area contributed by atoms with Crippen molar-refractivity contribution in [1.82, 2.24) is 10.2 Å². The van der Waals surface area contributed by atoms with Gasteiger partial charge in [0.05, 0.1) is 26.8 Å². The Bertz CT molecular complexity index is 776. The summed E-state index contributed by atoms with van der Waals surface area (Å²) in [6.07, 6.45) is -0.443. The summed E-state index contributed by atoms with van der Waals surface area (Å²) in [6, 6.07) is 15.8. The first kappa shape index (κ1) is 20.0. The topological polar surface area (TPSA) is 60.0 Å². The number of cyclic esters (lactones) is 1. The lowest BCUT2D eigenvalue weighted by molar-refractivity contribution is 0.127. The van der Waals surface area contributed by atoms with Crippen molar-refractivity contribution in [2.75, 3.05) is 27.3 Å². The fourth-order valence-electron chi connectivity index (χ4n) is 3.34. The highest BCUT2D eigenvalue weighted by atomic mass is 16.6. The lowest BCUT2D eigenvalue weighted by Crippen LogP contribution is -2.33. The number of benzene rings is 2. The second-order valence-corrected chi connectivity index (χ2v) is 7.01. The molecule has 0 bridgehead atoms. The summed E-state index contributed by atoms with van der Waals surface area (Å²) < 4.78 is 16.0. The summed E-state index contributed by atoms with van der Waals surface area (Å²) in [4.78, 5) is 14.1. The summed E-state index contributed by atoms with van der Waals surface area (Å²) in [5.74, 6) is 1.64. The van der Waals surface area contributed by atoms with Gasteiger partial charge < -0.3 is 19.5 Å². The maximum atomic E-state index is 12.3. The predicted octanol–water partition coefficient (Wildman–Crippen LogP) is 3.94. The number of carbonyl (C=O) groups is 1. The summed E-state index contributed by atoms with van der Waals surface area (Å²) in [7, 11) is 3.30. The van der Waals surface area contributed by atoms with Crippen LogP contribution in [0, 0.1) is 0 Å². The van der Waals surface area contributed by atoms with Gasteiger partial charge >= 0.3 is 6.09 Å². The summed E-state index contributed by atoms with van der Waals surface area (Å²) in [5, 5.41) is 3.45. The highest BCUT2D eigenvalue weighted by Crippen LogP contribution is 2.27. The Labute approximate surface area is 166 Å². The third kappa shape index (κ3) is 4.57. The van der Waals surface area contributed by atoms with Crippen LogP contribution in [0.1, 0.15) is 37.1 Å². The molecular weight excluding hydrogens is 356 g/mol. The molecule has 1 aliphatic heterocycles. The van der Waals surface area contributed by atoms with Crippen LogP contribution < -0.4 is 14.8 Å². The number of amides is 1. The molecule has 0 aliphatic carbocycles. The minimum Gasteiger partial charge on any atom is -0.497 e. The molecule has 3 atom stereocenters. The van der Waals surface area contributed by atoms with Gasteiger partial charge in [-0.05, 0) is 49.2 Å². The van der Waals surface area contributed by atoms with Crippen molar-refractivity contribution in [3.05, 3.63) is 59.7 Å². The molecule has 6 heteroatoms. The van der Waals surface area contributed by atoms with Gasteiger partial charge in [-0.3, -0.25) is 4.90 Å². The fourth-order valence-corrected chi connectivity index (χ4v) is 3.34. The summed E-state index contributed by atoms with van der Waals surface area (Å²) >= 11 is 0. The SMILES string of the molecule is COc1ccc(C(C)NCC2CN(C(C)c3ccc(OC)cc3)C(=O)O2)cc1. The van der Waals surface area contributed by atoms with Crippen LogP contribution in [0.5, 0.6) is 11.5 Å². The number of methoxy groups -OCH3 is 2. The molecule has 150 valence electrons. The van der Waals surface area contributed by atoms with Crippen molar-refractivity contribution in [2.45, 2.75) is 32.0 Å². The molecular formula is C22H28N2O4. The maximum absolute atomic E-state index is 12.3. The van der Waals surface area contributed by atoms with Crippen molar-refractivity contribution in [3.8, 4) is 11.5 Å². The van der Waals surface area contributed by atoms with Gasteiger partial charge in [0.1, 0.15) is 17.6 Å². The summed E-state index contributed by atoms with van der Waals surface area (Å²) in [5.41, 5.74) is 2.21. The quantitative estimate of drug-likeness (QED) is 0.747. The van der Waals surface area contributed by atoms with Crippen molar-refractivity contribution < 1.29 is 19.0 Å². The van der Waals surface area contributed by atoms with Crippen molar-refractivity contribution in [3.63, 3.8) is 0 Å². The molecule has 28 heavy (non-hydrogen) atoms. The van der Waals surface area contributed by atoms with Crippen LogP contribution in [0.3, 0.4) is 0 Å². The lowest BCUT2D eigenvalue weighted by atomic mass is 10.1. The number of rotatable bonds is 8. The minimum atomic E-state index is -0.271. The zero-order valence-electron chi connectivity index (χ0n) is 16.8. The molecule has 1 amide bonds. The van der Waals surface area contributed by atoms with Crippen LogP contribution >= 0.6 is 0 Å². The van der Waals surface area contributed by atoms with Gasteiger partial charge in [-0.1, -0.05) is 24.3 Å². The predicted molar refractivity (Wildman–Crippen MR) is 108 cm³/mol. The molecule has 0 aromatic heterocycles. The third-order valence-corrected chi connectivity index (χ3v) is 5.24. The molecule has 0 saturated carbocycles. The Hall–Kier alpha value is -2.73. The Balaban J connectivity index is 1.54. The molecule has 1 N–H and O–H groups in total. The number of hydrogen-bond acceptors (Lipinski definition) is 5. The van der Waals surface area contributed by atoms with E-state index < -0.39 is 0 Å². The second kappa shape index (κ2) is 8.97. The zero-order valence-corrected chi connectivity index (χ0v) is 16.8. The van der Waals surface area contributed by atoms with Crippen molar-refractivity contribution in [1.29, 1.82) is 0 Å². The first-order chi connectivity index (χ1) is 13.5. The first-order valence-corrected chi connectivity index (χ1v) is 9.50. The molecule has 2 aromatic carbocycles. The Morgan fingerprint density at radius 2 is 1.54 bits per heavy atom. The van der Waals surface area contributed by atoms with Crippen molar-refractivity contribution in [2.24, 2.45) is 0 Å². The van der Waals surface area contributed by atoms with E-state index in [-0.39, 0.29) is 24.3 Å². The molecule has 1 fully saturated rings. The lowest BCUT2D eigenvalue weighted by Gasteiger charge is -2.22. The largest absolute Gasteiger partial charge is 0.497 e. The highest BCUT2D eigenvalue weighted by molar-refractivity contribution is 5.70. The number of nitrogens with one attached hydrogen (secondary N) is 1. The first-order valence-electron chi connectivity index (χ1n) is 9.50. The third-order valence-electron chi connectivity index (χ3n) is 5.24. The Morgan fingerprint density at radius 3 is 2.07 bits per heavy atom. The average molecular weight is 384 g/mol. The van der Waals surface area contributed by atoms with Gasteiger partial charge in [0.2, 0.25) is 0 Å². The number of ether oxygens (including phenoxy) is 3. The normalized spacial score (nSPS) is 18.5. The molecule has 3 rings (SSSR count). The number of carbonyl (C=O) groups excluding carboxylic acids is 1. The van der Waals surface area contributed by atoms with Crippen LogP contribution in [0.2, 0.25) is 0 Å². The van der Waals surface area contributed by atoms with E-state index in [1.165, 1.54) is 0 Å².